The van der Waals surface area contributed by atoms with Crippen molar-refractivity contribution in [3.8, 4) is 0 Å². The summed E-state index contributed by atoms with van der Waals surface area (Å²) in [5.74, 6) is -0.960. The summed E-state index contributed by atoms with van der Waals surface area (Å²) in [6.07, 6.45) is 5.96. The first kappa shape index (κ1) is 10.6. The molecule has 1 N–H and O–H groups in total. The van der Waals surface area contributed by atoms with Crippen LogP contribution >= 0.6 is 0 Å². The molecule has 0 aromatic carbocycles. The summed E-state index contributed by atoms with van der Waals surface area (Å²) in [4.78, 5) is 12.7. The Bertz CT molecular complexity index is 281. The average Bonchev–Trinajstić information content (AvgIpc) is 2.63. The first-order chi connectivity index (χ1) is 6.69. The number of carboxylic acids is 1. The molecule has 0 bridgehead atoms. The van der Waals surface area contributed by atoms with Gasteiger partial charge in [0.1, 0.15) is 0 Å². The number of hydrogen-bond acceptors (Lipinski definition) is 2. The molecule has 1 unspecified atom stereocenters. The molecule has 14 heavy (non-hydrogen) atoms. The minimum Gasteiger partial charge on any atom is -0.481 e. The molecule has 3 heteroatoms. The molecule has 0 aromatic rings. The number of carbonyl (C=O) groups is 1. The van der Waals surface area contributed by atoms with Crippen LogP contribution in [-0.4, -0.2) is 29.1 Å². The molecule has 1 aliphatic rings. The monoisotopic (exact) mass is 193 g/mol. The number of likely N-dealkylation sites (tertiary alicyclic amines) is 1. The zero-order valence-electron chi connectivity index (χ0n) is 8.15. The number of rotatable bonds is 4. The van der Waals surface area contributed by atoms with Crippen molar-refractivity contribution in [2.75, 3.05) is 13.1 Å². The Morgan fingerprint density at radius 3 is 2.64 bits per heavy atom. The molecule has 1 rings (SSSR count). The van der Waals surface area contributed by atoms with Gasteiger partial charge in [-0.05, 0) is 18.6 Å². The van der Waals surface area contributed by atoms with Crippen LogP contribution in [0.15, 0.2) is 37.1 Å². The molecule has 0 saturated carbocycles. The standard InChI is InChI=1S/C11H15NO2/c1-3-5-10(4-2)12-7-6-9(8-12)11(13)14/h3-5,9H,1-2,6-8H2,(H,13,14)/b10-5+. The van der Waals surface area contributed by atoms with E-state index in [1.807, 2.05) is 11.0 Å². The molecular weight excluding hydrogens is 178 g/mol. The first-order valence-electron chi connectivity index (χ1n) is 4.62. The molecule has 0 radical (unpaired) electrons. The third kappa shape index (κ3) is 2.25. The van der Waals surface area contributed by atoms with Gasteiger partial charge in [-0.25, -0.2) is 0 Å². The predicted octanol–water partition coefficient (Wildman–Crippen LogP) is 1.65. The zero-order valence-corrected chi connectivity index (χ0v) is 8.15. The maximum atomic E-state index is 10.7. The van der Waals surface area contributed by atoms with Crippen molar-refractivity contribution >= 4 is 5.97 Å². The summed E-state index contributed by atoms with van der Waals surface area (Å²) < 4.78 is 0. The van der Waals surface area contributed by atoms with E-state index < -0.39 is 5.97 Å². The Morgan fingerprint density at radius 1 is 1.50 bits per heavy atom. The Balaban J connectivity index is 2.64. The van der Waals surface area contributed by atoms with Gasteiger partial charge < -0.3 is 10.0 Å². The van der Waals surface area contributed by atoms with E-state index in [1.165, 1.54) is 0 Å². The second-order valence-corrected chi connectivity index (χ2v) is 3.30. The van der Waals surface area contributed by atoms with Crippen LogP contribution in [0.25, 0.3) is 0 Å². The number of aliphatic carboxylic acids is 1. The van der Waals surface area contributed by atoms with E-state index >= 15 is 0 Å². The third-order valence-electron chi connectivity index (χ3n) is 2.40. The maximum Gasteiger partial charge on any atom is 0.308 e. The van der Waals surface area contributed by atoms with Gasteiger partial charge in [0.2, 0.25) is 0 Å². The lowest BCUT2D eigenvalue weighted by Crippen LogP contribution is -2.21. The summed E-state index contributed by atoms with van der Waals surface area (Å²) >= 11 is 0. The van der Waals surface area contributed by atoms with Crippen molar-refractivity contribution in [1.29, 1.82) is 0 Å². The van der Waals surface area contributed by atoms with Crippen molar-refractivity contribution in [2.24, 2.45) is 5.92 Å². The van der Waals surface area contributed by atoms with Crippen LogP contribution in [0.3, 0.4) is 0 Å². The fourth-order valence-electron chi connectivity index (χ4n) is 1.62. The highest BCUT2D eigenvalue weighted by molar-refractivity contribution is 5.70. The molecule has 3 nitrogen and oxygen atoms in total. The maximum absolute atomic E-state index is 10.7. The summed E-state index contributed by atoms with van der Waals surface area (Å²) in [6, 6.07) is 0. The van der Waals surface area contributed by atoms with Crippen LogP contribution in [0.5, 0.6) is 0 Å². The normalized spacial score (nSPS) is 22.1. The average molecular weight is 193 g/mol. The van der Waals surface area contributed by atoms with Gasteiger partial charge in [0.05, 0.1) is 5.92 Å². The van der Waals surface area contributed by atoms with Gasteiger partial charge >= 0.3 is 5.97 Å². The van der Waals surface area contributed by atoms with Crippen LogP contribution in [0.1, 0.15) is 6.42 Å². The molecule has 1 aliphatic heterocycles. The fourth-order valence-corrected chi connectivity index (χ4v) is 1.62. The largest absolute Gasteiger partial charge is 0.481 e. The number of nitrogens with zero attached hydrogens (tertiary/aromatic N) is 1. The highest BCUT2D eigenvalue weighted by Crippen LogP contribution is 2.21. The van der Waals surface area contributed by atoms with Crippen molar-refractivity contribution in [3.63, 3.8) is 0 Å². The van der Waals surface area contributed by atoms with Gasteiger partial charge in [0.25, 0.3) is 0 Å². The van der Waals surface area contributed by atoms with Crippen LogP contribution in [0.2, 0.25) is 0 Å². The Morgan fingerprint density at radius 2 is 2.21 bits per heavy atom. The summed E-state index contributed by atoms with van der Waals surface area (Å²) in [5.41, 5.74) is 0.948. The smallest absolute Gasteiger partial charge is 0.308 e. The van der Waals surface area contributed by atoms with Crippen LogP contribution in [0.4, 0.5) is 0 Å². The van der Waals surface area contributed by atoms with E-state index in [1.54, 1.807) is 12.2 Å². The summed E-state index contributed by atoms with van der Waals surface area (Å²) in [7, 11) is 0. The van der Waals surface area contributed by atoms with Crippen molar-refractivity contribution in [1.82, 2.24) is 4.90 Å². The van der Waals surface area contributed by atoms with E-state index in [2.05, 4.69) is 13.2 Å². The van der Waals surface area contributed by atoms with Crippen molar-refractivity contribution < 1.29 is 9.90 Å². The van der Waals surface area contributed by atoms with Crippen LogP contribution < -0.4 is 0 Å². The van der Waals surface area contributed by atoms with E-state index in [-0.39, 0.29) is 5.92 Å². The predicted molar refractivity (Wildman–Crippen MR) is 55.8 cm³/mol. The van der Waals surface area contributed by atoms with Gasteiger partial charge in [-0.2, -0.15) is 0 Å². The Labute approximate surface area is 84.0 Å². The van der Waals surface area contributed by atoms with E-state index in [0.717, 1.165) is 12.2 Å². The molecule has 1 saturated heterocycles. The van der Waals surface area contributed by atoms with Gasteiger partial charge in [0, 0.05) is 18.8 Å². The van der Waals surface area contributed by atoms with Crippen molar-refractivity contribution in [2.45, 2.75) is 6.42 Å². The molecule has 1 fully saturated rings. The van der Waals surface area contributed by atoms with Gasteiger partial charge in [-0.15, -0.1) is 0 Å². The minimum absolute atomic E-state index is 0.247. The van der Waals surface area contributed by atoms with Crippen LogP contribution in [0, 0.1) is 5.92 Å². The van der Waals surface area contributed by atoms with Crippen molar-refractivity contribution in [3.05, 3.63) is 37.1 Å². The molecule has 1 heterocycles. The summed E-state index contributed by atoms with van der Waals surface area (Å²) in [6.45, 7) is 8.65. The zero-order chi connectivity index (χ0) is 10.6. The Kier molecular flexibility index (Phi) is 3.51. The summed E-state index contributed by atoms with van der Waals surface area (Å²) in [5, 5.41) is 8.82. The molecule has 0 aromatic heterocycles. The number of allylic oxidation sites excluding steroid dienone is 3. The third-order valence-corrected chi connectivity index (χ3v) is 2.40. The lowest BCUT2D eigenvalue weighted by molar-refractivity contribution is -0.141. The molecule has 0 aliphatic carbocycles. The molecule has 0 spiro atoms. The lowest BCUT2D eigenvalue weighted by Gasteiger charge is -2.18. The lowest BCUT2D eigenvalue weighted by atomic mass is 10.1. The highest BCUT2D eigenvalue weighted by atomic mass is 16.4. The molecule has 76 valence electrons. The van der Waals surface area contributed by atoms with Gasteiger partial charge in [-0.1, -0.05) is 19.2 Å². The SMILES string of the molecule is C=C/C=C(\C=C)N1CCC(C(=O)O)C1. The Hall–Kier alpha value is -1.51. The number of hydrogen-bond donors (Lipinski definition) is 1. The fraction of sp³-hybridized carbons (Fsp3) is 0.364. The number of carboxylic acid groups (broad SMARTS) is 1. The quantitative estimate of drug-likeness (QED) is 0.690. The molecule has 0 amide bonds. The topological polar surface area (TPSA) is 40.5 Å². The second kappa shape index (κ2) is 4.65. The van der Waals surface area contributed by atoms with Gasteiger partial charge in [-0.3, -0.25) is 4.79 Å². The highest BCUT2D eigenvalue weighted by Gasteiger charge is 2.27. The first-order valence-corrected chi connectivity index (χ1v) is 4.62. The molecule has 1 atom stereocenters. The van der Waals surface area contributed by atoms with E-state index in [0.29, 0.717) is 13.0 Å². The van der Waals surface area contributed by atoms with E-state index in [9.17, 15) is 4.79 Å². The van der Waals surface area contributed by atoms with Crippen LogP contribution in [-0.2, 0) is 4.79 Å². The minimum atomic E-state index is -0.713. The second-order valence-electron chi connectivity index (χ2n) is 3.30. The van der Waals surface area contributed by atoms with Gasteiger partial charge in [0.15, 0.2) is 0 Å². The van der Waals surface area contributed by atoms with E-state index in [4.69, 9.17) is 5.11 Å². The molecular formula is C11H15NO2.